The second kappa shape index (κ2) is 5.90. The topological polar surface area (TPSA) is 35.5 Å². The third-order valence-corrected chi connectivity index (χ3v) is 3.44. The Kier molecular flexibility index (Phi) is 6.67. The van der Waals surface area contributed by atoms with Crippen LogP contribution in [0.4, 0.5) is 4.79 Å². The Balaban J connectivity index is 3.56. The van der Waals surface area contributed by atoms with Crippen molar-refractivity contribution in [3.63, 3.8) is 0 Å². The van der Waals surface area contributed by atoms with Crippen molar-refractivity contribution in [1.29, 1.82) is 0 Å². The van der Waals surface area contributed by atoms with E-state index < -0.39 is 4.77 Å². The van der Waals surface area contributed by atoms with Crippen LogP contribution in [0.25, 0.3) is 0 Å². The minimum absolute atomic E-state index is 0.0258. The van der Waals surface area contributed by atoms with Crippen molar-refractivity contribution >= 4 is 76.2 Å². The summed E-state index contributed by atoms with van der Waals surface area (Å²) in [5.74, 6) is 0. The highest BCUT2D eigenvalue weighted by atomic mass is 127. The standard InChI is InChI=1S/CH4B4I2O3/c2-5(9-3)10-4(7)1(6)8/h2-3H2. The van der Waals surface area contributed by atoms with Crippen LogP contribution in [0, 0.1) is 0 Å². The molecule has 0 aromatic rings. The summed E-state index contributed by atoms with van der Waals surface area (Å²) in [6.45, 7) is 0. The zero-order valence-corrected chi connectivity index (χ0v) is 9.95. The molecule has 10 heavy (non-hydrogen) atoms. The molecule has 0 saturated carbocycles. The average Bonchev–Trinajstić information content (AvgIpc) is 1.87. The highest BCUT2D eigenvalue weighted by molar-refractivity contribution is 14.2. The molecule has 0 amide bonds. The molecule has 3 nitrogen and oxygen atoms in total. The molecular weight excluding hydrogens is 357 g/mol. The van der Waals surface area contributed by atoms with Gasteiger partial charge in [0, 0.05) is 0 Å². The van der Waals surface area contributed by atoms with E-state index in [2.05, 4.69) is 0 Å². The molecule has 0 unspecified atom stereocenters. The molecule has 0 spiro atoms. The van der Waals surface area contributed by atoms with Crippen LogP contribution in [-0.4, -0.2) is 31.3 Å². The lowest BCUT2D eigenvalue weighted by molar-refractivity contribution is 0.275. The van der Waals surface area contributed by atoms with E-state index in [9.17, 15) is 4.79 Å². The fourth-order valence-corrected chi connectivity index (χ4v) is 0.838. The first-order valence-electron chi connectivity index (χ1n) is 2.59. The predicted octanol–water partition coefficient (Wildman–Crippen LogP) is -0.754. The summed E-state index contributed by atoms with van der Waals surface area (Å²) >= 11 is 3.60. The fourth-order valence-electron chi connectivity index (χ4n) is 0.277. The van der Waals surface area contributed by atoms with Gasteiger partial charge in [0.15, 0.2) is 3.69 Å². The van der Waals surface area contributed by atoms with E-state index in [0.29, 0.717) is 0 Å². The van der Waals surface area contributed by atoms with Crippen LogP contribution >= 0.6 is 45.0 Å². The normalized spacial score (nSPS) is 9.00. The average molecular weight is 361 g/mol. The summed E-state index contributed by atoms with van der Waals surface area (Å²) in [5.41, 5.74) is 0. The Bertz CT molecular complexity index is 121. The fraction of sp³-hybridized carbons (Fsp3) is 0. The van der Waals surface area contributed by atoms with Gasteiger partial charge in [0.25, 0.3) is 0 Å². The molecule has 0 aliphatic heterocycles. The smallest absolute Gasteiger partial charge is 0.439 e. The van der Waals surface area contributed by atoms with E-state index in [1.165, 1.54) is 8.05 Å². The molecule has 0 N–H and O–H groups in total. The lowest BCUT2D eigenvalue weighted by atomic mass is 9.61. The zero-order chi connectivity index (χ0) is 8.15. The molecule has 0 saturated heterocycles. The lowest BCUT2D eigenvalue weighted by Crippen LogP contribution is -2.31. The molecule has 0 fully saturated rings. The third-order valence-electron chi connectivity index (χ3n) is 0.821. The van der Waals surface area contributed by atoms with E-state index >= 15 is 0 Å². The largest absolute Gasteiger partial charge is 0.488 e. The number of hydrogen-bond acceptors (Lipinski definition) is 3. The first kappa shape index (κ1) is 11.3. The van der Waals surface area contributed by atoms with Crippen LogP contribution in [0.3, 0.4) is 0 Å². The Labute approximate surface area is 89.5 Å². The van der Waals surface area contributed by atoms with E-state index in [1.807, 2.05) is 22.4 Å². The van der Waals surface area contributed by atoms with Gasteiger partial charge in [-0.05, 0) is 22.6 Å². The number of rotatable bonds is 4. The molecule has 0 aliphatic carbocycles. The van der Waals surface area contributed by atoms with Gasteiger partial charge in [-0.25, -0.2) is 0 Å². The van der Waals surface area contributed by atoms with Crippen molar-refractivity contribution in [3.05, 3.63) is 0 Å². The number of carbonyl (C=O) groups excluding carboxylic acids is 1. The monoisotopic (exact) mass is 362 g/mol. The van der Waals surface area contributed by atoms with Crippen molar-refractivity contribution in [2.24, 2.45) is 0 Å². The van der Waals surface area contributed by atoms with Crippen LogP contribution in [0.1, 0.15) is 0 Å². The van der Waals surface area contributed by atoms with Gasteiger partial charge >= 0.3 is 11.8 Å². The van der Waals surface area contributed by atoms with Crippen LogP contribution in [0.15, 0.2) is 0 Å². The van der Waals surface area contributed by atoms with Crippen molar-refractivity contribution in [2.45, 2.75) is 0 Å². The van der Waals surface area contributed by atoms with Gasteiger partial charge in [-0.3, -0.25) is 4.79 Å². The van der Waals surface area contributed by atoms with Crippen molar-refractivity contribution in [2.75, 3.05) is 0 Å². The number of halogens is 2. The van der Waals surface area contributed by atoms with E-state index in [1.54, 1.807) is 30.3 Å². The Morgan fingerprint density at radius 2 is 2.10 bits per heavy atom. The minimum atomic E-state index is -0.409. The van der Waals surface area contributed by atoms with E-state index in [4.69, 9.17) is 9.14 Å². The van der Waals surface area contributed by atoms with Crippen molar-refractivity contribution in [1.82, 2.24) is 0 Å². The number of carbonyl (C=O) groups is 1. The highest BCUT2D eigenvalue weighted by Gasteiger charge is 2.23. The third kappa shape index (κ3) is 5.03. The quantitative estimate of drug-likeness (QED) is 0.376. The Morgan fingerprint density at radius 3 is 2.40 bits per heavy atom. The summed E-state index contributed by atoms with van der Waals surface area (Å²) in [5, 5.41) is 0. The first-order chi connectivity index (χ1) is 4.57. The molecular formula is CH4B4I2O3. The lowest BCUT2D eigenvalue weighted by Gasteiger charge is -2.08. The maximum absolute atomic E-state index is 10.6. The van der Waals surface area contributed by atoms with Gasteiger partial charge in [-0.2, -0.15) is 0 Å². The molecule has 9 heteroatoms. The summed E-state index contributed by atoms with van der Waals surface area (Å²) in [6.07, 6.45) is 0. The van der Waals surface area contributed by atoms with Crippen molar-refractivity contribution in [3.8, 4) is 0 Å². The van der Waals surface area contributed by atoms with Gasteiger partial charge in [-0.15, -0.1) is 0 Å². The maximum atomic E-state index is 10.6. The summed E-state index contributed by atoms with van der Waals surface area (Å²) in [6, 6.07) is 0. The predicted molar refractivity (Wildman–Crippen MR) is 64.2 cm³/mol. The molecule has 0 bridgehead atoms. The Morgan fingerprint density at radius 1 is 1.60 bits per heavy atom. The van der Waals surface area contributed by atoms with Crippen LogP contribution in [-0.2, 0) is 9.14 Å². The summed E-state index contributed by atoms with van der Waals surface area (Å²) < 4.78 is 9.42. The van der Waals surface area contributed by atoms with E-state index in [0.717, 1.165) is 0 Å². The van der Waals surface area contributed by atoms with Crippen LogP contribution in [0.2, 0.25) is 0 Å². The Hall–Kier alpha value is 1.31. The van der Waals surface area contributed by atoms with Crippen LogP contribution < -0.4 is 0 Å². The highest BCUT2D eigenvalue weighted by Crippen LogP contribution is 2.06. The van der Waals surface area contributed by atoms with Gasteiger partial charge in [0.05, 0.1) is 0 Å². The zero-order valence-electron chi connectivity index (χ0n) is 5.64. The second-order valence-corrected chi connectivity index (χ2v) is 3.75. The molecule has 52 valence electrons. The molecule has 0 rings (SSSR count). The van der Waals surface area contributed by atoms with Crippen LogP contribution in [0.5, 0.6) is 0 Å². The molecule has 0 atom stereocenters. The second-order valence-electron chi connectivity index (χ2n) is 1.56. The summed E-state index contributed by atoms with van der Waals surface area (Å²) in [7, 11) is 2.96. The van der Waals surface area contributed by atoms with Crippen molar-refractivity contribution < 1.29 is 13.9 Å². The van der Waals surface area contributed by atoms with Gasteiger partial charge in [-0.1, -0.05) is 22.4 Å². The van der Waals surface area contributed by atoms with Gasteiger partial charge < -0.3 is 9.14 Å². The number of hydrogen-bond donors (Lipinski definition) is 0. The van der Waals surface area contributed by atoms with E-state index in [-0.39, 0.29) is 10.7 Å². The minimum Gasteiger partial charge on any atom is -0.488 e. The molecule has 0 aromatic heterocycles. The van der Waals surface area contributed by atoms with Gasteiger partial charge in [0.1, 0.15) is 7.74 Å². The molecule has 0 aromatic carbocycles. The summed E-state index contributed by atoms with van der Waals surface area (Å²) in [4.78, 5) is 10.6. The van der Waals surface area contributed by atoms with Gasteiger partial charge in [0.2, 0.25) is 8.05 Å². The molecule has 0 aliphatic rings. The SMILES string of the molecule is BOB(B)OB(I)C(=O)I. The molecule has 0 heterocycles. The first-order valence-corrected chi connectivity index (χ1v) is 4.92. The molecule has 0 radical (unpaired) electrons. The maximum Gasteiger partial charge on any atom is 0.439 e.